The van der Waals surface area contributed by atoms with Crippen LogP contribution in [0.2, 0.25) is 0 Å². The molecule has 30 heavy (non-hydrogen) atoms. The Labute approximate surface area is 174 Å². The van der Waals surface area contributed by atoms with Crippen molar-refractivity contribution in [1.29, 1.82) is 0 Å². The number of hydrogen-bond acceptors (Lipinski definition) is 4. The van der Waals surface area contributed by atoms with Gasteiger partial charge in [0.05, 0.1) is 17.6 Å². The fraction of sp³-hybridized carbons (Fsp3) is 0.217. The molecule has 4 aromatic rings. The van der Waals surface area contributed by atoms with E-state index in [1.807, 2.05) is 70.2 Å². The third kappa shape index (κ3) is 3.39. The van der Waals surface area contributed by atoms with Crippen molar-refractivity contribution >= 4 is 22.5 Å². The van der Waals surface area contributed by atoms with Gasteiger partial charge in [0, 0.05) is 11.1 Å². The molecule has 152 valence electrons. The lowest BCUT2D eigenvalue weighted by Gasteiger charge is -2.12. The summed E-state index contributed by atoms with van der Waals surface area (Å²) in [6, 6.07) is 13.4. The summed E-state index contributed by atoms with van der Waals surface area (Å²) in [7, 11) is 0. The standard InChI is InChI=1S/C23H23N5O2/c1-14-9-7-10-19(16(14)3)25-21(29)13-27-23(30)22-18(17(4)26-27)12-24-28(22)20-11-6-5-8-15(20)2/h5-12H,13H2,1-4H3,(H,25,29). The molecule has 0 aliphatic carbocycles. The number of aryl methyl sites for hydroxylation is 3. The molecule has 2 aromatic carbocycles. The first kappa shape index (κ1) is 19.6. The molecule has 0 aliphatic heterocycles. The Kier molecular flexibility index (Phi) is 4.95. The summed E-state index contributed by atoms with van der Waals surface area (Å²) < 4.78 is 2.83. The Morgan fingerprint density at radius 3 is 2.50 bits per heavy atom. The molecule has 2 heterocycles. The molecule has 7 heteroatoms. The van der Waals surface area contributed by atoms with Gasteiger partial charge in [-0.05, 0) is 56.5 Å². The zero-order chi connectivity index (χ0) is 21.4. The quantitative estimate of drug-likeness (QED) is 0.568. The van der Waals surface area contributed by atoms with Crippen LogP contribution in [0.3, 0.4) is 0 Å². The van der Waals surface area contributed by atoms with Gasteiger partial charge in [-0.25, -0.2) is 9.36 Å². The van der Waals surface area contributed by atoms with Crippen molar-refractivity contribution in [3.05, 3.63) is 81.4 Å². The molecule has 0 unspecified atom stereocenters. The maximum atomic E-state index is 13.2. The lowest BCUT2D eigenvalue weighted by atomic mass is 10.1. The van der Waals surface area contributed by atoms with E-state index in [4.69, 9.17) is 0 Å². The van der Waals surface area contributed by atoms with E-state index in [9.17, 15) is 9.59 Å². The summed E-state index contributed by atoms with van der Waals surface area (Å²) >= 11 is 0. The van der Waals surface area contributed by atoms with E-state index >= 15 is 0 Å². The number of para-hydroxylation sites is 1. The number of amides is 1. The molecule has 0 saturated heterocycles. The first-order valence-corrected chi connectivity index (χ1v) is 9.74. The number of benzene rings is 2. The number of fused-ring (bicyclic) bond motifs is 1. The molecule has 1 N–H and O–H groups in total. The first-order chi connectivity index (χ1) is 14.4. The highest BCUT2D eigenvalue weighted by molar-refractivity contribution is 5.91. The Morgan fingerprint density at radius 2 is 1.73 bits per heavy atom. The van der Waals surface area contributed by atoms with E-state index in [1.165, 1.54) is 4.68 Å². The molecule has 0 fully saturated rings. The molecule has 7 nitrogen and oxygen atoms in total. The summed E-state index contributed by atoms with van der Waals surface area (Å²) in [5, 5.41) is 12.3. The van der Waals surface area contributed by atoms with Crippen LogP contribution in [0.15, 0.2) is 53.5 Å². The van der Waals surface area contributed by atoms with E-state index < -0.39 is 0 Å². The van der Waals surface area contributed by atoms with Crippen molar-refractivity contribution < 1.29 is 4.79 Å². The van der Waals surface area contributed by atoms with Crippen molar-refractivity contribution in [2.75, 3.05) is 5.32 Å². The van der Waals surface area contributed by atoms with Crippen molar-refractivity contribution in [2.45, 2.75) is 34.2 Å². The van der Waals surface area contributed by atoms with Crippen molar-refractivity contribution in [2.24, 2.45) is 0 Å². The minimum absolute atomic E-state index is 0.179. The zero-order valence-corrected chi connectivity index (χ0v) is 17.4. The predicted molar refractivity (Wildman–Crippen MR) is 117 cm³/mol. The summed E-state index contributed by atoms with van der Waals surface area (Å²) in [6.45, 7) is 7.53. The Hall–Kier alpha value is -3.74. The molecular weight excluding hydrogens is 378 g/mol. The number of rotatable bonds is 4. The van der Waals surface area contributed by atoms with Gasteiger partial charge in [-0.15, -0.1) is 0 Å². The van der Waals surface area contributed by atoms with Gasteiger partial charge >= 0.3 is 0 Å². The van der Waals surface area contributed by atoms with Crippen LogP contribution in [-0.4, -0.2) is 25.5 Å². The van der Waals surface area contributed by atoms with E-state index in [0.29, 0.717) is 16.6 Å². The number of nitrogens with zero attached hydrogens (tertiary/aromatic N) is 4. The highest BCUT2D eigenvalue weighted by atomic mass is 16.2. The largest absolute Gasteiger partial charge is 0.324 e. The molecular formula is C23H23N5O2. The van der Waals surface area contributed by atoms with Gasteiger partial charge < -0.3 is 5.32 Å². The van der Waals surface area contributed by atoms with Gasteiger partial charge in [-0.3, -0.25) is 9.59 Å². The maximum Gasteiger partial charge on any atom is 0.293 e. The smallest absolute Gasteiger partial charge is 0.293 e. The third-order valence-corrected chi connectivity index (χ3v) is 5.38. The molecule has 1 amide bonds. The van der Waals surface area contributed by atoms with E-state index in [-0.39, 0.29) is 18.0 Å². The van der Waals surface area contributed by atoms with E-state index in [2.05, 4.69) is 15.5 Å². The fourth-order valence-electron chi connectivity index (χ4n) is 3.52. The second-order valence-electron chi connectivity index (χ2n) is 7.45. The lowest BCUT2D eigenvalue weighted by molar-refractivity contribution is -0.117. The van der Waals surface area contributed by atoms with Gasteiger partial charge in [-0.2, -0.15) is 10.2 Å². The number of hydrogen-bond donors (Lipinski definition) is 1. The van der Waals surface area contributed by atoms with Gasteiger partial charge in [-0.1, -0.05) is 30.3 Å². The van der Waals surface area contributed by atoms with Crippen LogP contribution in [0.4, 0.5) is 5.69 Å². The van der Waals surface area contributed by atoms with Crippen LogP contribution < -0.4 is 10.9 Å². The minimum Gasteiger partial charge on any atom is -0.324 e. The zero-order valence-electron chi connectivity index (χ0n) is 17.4. The molecule has 0 radical (unpaired) electrons. The molecule has 0 aliphatic rings. The highest BCUT2D eigenvalue weighted by Gasteiger charge is 2.17. The number of anilines is 1. The second kappa shape index (κ2) is 7.59. The number of nitrogens with one attached hydrogen (secondary N) is 1. The number of carbonyl (C=O) groups excluding carboxylic acids is 1. The Balaban J connectivity index is 1.73. The molecule has 0 bridgehead atoms. The van der Waals surface area contributed by atoms with Crippen molar-refractivity contribution in [3.63, 3.8) is 0 Å². The van der Waals surface area contributed by atoms with Crippen LogP contribution in [0.5, 0.6) is 0 Å². The molecule has 0 atom stereocenters. The highest BCUT2D eigenvalue weighted by Crippen LogP contribution is 2.20. The SMILES string of the molecule is Cc1ccccc1-n1ncc2c(C)nn(CC(=O)Nc3cccc(C)c3C)c(=O)c21. The molecule has 4 rings (SSSR count). The lowest BCUT2D eigenvalue weighted by Crippen LogP contribution is -2.31. The maximum absolute atomic E-state index is 13.2. The van der Waals surface area contributed by atoms with Crippen LogP contribution in [0.25, 0.3) is 16.6 Å². The molecule has 0 saturated carbocycles. The Bertz CT molecular complexity index is 1330. The monoisotopic (exact) mass is 401 g/mol. The average Bonchev–Trinajstić information content (AvgIpc) is 3.15. The number of aromatic nitrogens is 4. The topological polar surface area (TPSA) is 81.8 Å². The van der Waals surface area contributed by atoms with Crippen molar-refractivity contribution in [3.8, 4) is 5.69 Å². The van der Waals surface area contributed by atoms with Crippen LogP contribution in [0.1, 0.15) is 22.4 Å². The van der Waals surface area contributed by atoms with Crippen LogP contribution in [0, 0.1) is 27.7 Å². The van der Waals surface area contributed by atoms with Gasteiger partial charge in [0.1, 0.15) is 12.1 Å². The second-order valence-corrected chi connectivity index (χ2v) is 7.45. The summed E-state index contributed by atoms with van der Waals surface area (Å²) in [6.07, 6.45) is 1.64. The van der Waals surface area contributed by atoms with Crippen LogP contribution in [-0.2, 0) is 11.3 Å². The number of carbonyl (C=O) groups is 1. The Morgan fingerprint density at radius 1 is 1.00 bits per heavy atom. The average molecular weight is 401 g/mol. The minimum atomic E-state index is -0.354. The van der Waals surface area contributed by atoms with Crippen LogP contribution >= 0.6 is 0 Å². The summed E-state index contributed by atoms with van der Waals surface area (Å²) in [5.74, 6) is -0.306. The van der Waals surface area contributed by atoms with Crippen molar-refractivity contribution in [1.82, 2.24) is 19.6 Å². The van der Waals surface area contributed by atoms with Gasteiger partial charge in [0.15, 0.2) is 0 Å². The first-order valence-electron chi connectivity index (χ1n) is 9.74. The predicted octanol–water partition coefficient (Wildman–Crippen LogP) is 3.45. The fourth-order valence-corrected chi connectivity index (χ4v) is 3.52. The third-order valence-electron chi connectivity index (χ3n) is 5.38. The normalized spacial score (nSPS) is 11.1. The van der Waals surface area contributed by atoms with E-state index in [1.54, 1.807) is 10.9 Å². The molecule has 2 aromatic heterocycles. The van der Waals surface area contributed by atoms with Gasteiger partial charge in [0.2, 0.25) is 5.91 Å². The molecule has 0 spiro atoms. The van der Waals surface area contributed by atoms with E-state index in [0.717, 1.165) is 28.1 Å². The summed E-state index contributed by atoms with van der Waals surface area (Å²) in [5.41, 5.74) is 5.33. The van der Waals surface area contributed by atoms with Gasteiger partial charge in [0.25, 0.3) is 5.56 Å². The summed E-state index contributed by atoms with van der Waals surface area (Å²) in [4.78, 5) is 25.9.